The topological polar surface area (TPSA) is 0 Å². The molecule has 0 radical (unpaired) electrons. The Kier molecular flexibility index (Phi) is 3.24. The first-order valence-corrected chi connectivity index (χ1v) is 9.05. The van der Waals surface area contributed by atoms with Crippen LogP contribution in [0.25, 0.3) is 0 Å². The Hall–Kier alpha value is -0.260. The molecule has 4 aliphatic carbocycles. The Labute approximate surface area is 119 Å². The number of allylic oxidation sites excluding steroid dienone is 2. The molecule has 0 aromatic carbocycles. The highest BCUT2D eigenvalue weighted by molar-refractivity contribution is 5.16. The summed E-state index contributed by atoms with van der Waals surface area (Å²) in [5.41, 5.74) is 1.89. The zero-order chi connectivity index (χ0) is 12.8. The van der Waals surface area contributed by atoms with E-state index < -0.39 is 0 Å². The summed E-state index contributed by atoms with van der Waals surface area (Å²) in [6, 6.07) is 0. The van der Waals surface area contributed by atoms with Crippen LogP contribution in [0.1, 0.15) is 71.1 Å². The van der Waals surface area contributed by atoms with Gasteiger partial charge in [-0.15, -0.1) is 0 Å². The van der Waals surface area contributed by atoms with Crippen LogP contribution in [0.15, 0.2) is 11.6 Å². The van der Waals surface area contributed by atoms with Gasteiger partial charge in [0.05, 0.1) is 0 Å². The molecular weight excluding hydrogens is 228 g/mol. The van der Waals surface area contributed by atoms with Crippen molar-refractivity contribution in [3.05, 3.63) is 11.6 Å². The van der Waals surface area contributed by atoms with E-state index in [2.05, 4.69) is 13.0 Å². The van der Waals surface area contributed by atoms with Crippen LogP contribution in [0.5, 0.6) is 0 Å². The Bertz CT molecular complexity index is 366. The molecule has 0 heterocycles. The quantitative estimate of drug-likeness (QED) is 0.538. The van der Waals surface area contributed by atoms with Gasteiger partial charge in [0.2, 0.25) is 0 Å². The standard InChI is InChI=1S/C19H30/c1-2-13-11-15-8-10-17-16-6-4-3-5-14(16)7-9-18(17)19(15)12-13/h5,13,15-19H,2-4,6-12H2,1H3/t13?,15-,16+,17-,18-,19-/m1/s1. The van der Waals surface area contributed by atoms with Gasteiger partial charge in [-0.25, -0.2) is 0 Å². The molecule has 0 heteroatoms. The minimum absolute atomic E-state index is 1.02. The van der Waals surface area contributed by atoms with Crippen molar-refractivity contribution >= 4 is 0 Å². The van der Waals surface area contributed by atoms with E-state index in [9.17, 15) is 0 Å². The summed E-state index contributed by atoms with van der Waals surface area (Å²) in [5, 5.41) is 0. The lowest BCUT2D eigenvalue weighted by atomic mass is 9.56. The van der Waals surface area contributed by atoms with Crippen LogP contribution < -0.4 is 0 Å². The zero-order valence-corrected chi connectivity index (χ0v) is 12.6. The average Bonchev–Trinajstić information content (AvgIpc) is 2.90. The van der Waals surface area contributed by atoms with Crippen LogP contribution in [-0.4, -0.2) is 0 Å². The van der Waals surface area contributed by atoms with Crippen LogP contribution in [0.4, 0.5) is 0 Å². The van der Waals surface area contributed by atoms with Gasteiger partial charge in [-0.05, 0) is 93.3 Å². The van der Waals surface area contributed by atoms with E-state index in [1.807, 2.05) is 5.57 Å². The van der Waals surface area contributed by atoms with Crippen LogP contribution in [0.2, 0.25) is 0 Å². The molecule has 106 valence electrons. The van der Waals surface area contributed by atoms with E-state index >= 15 is 0 Å². The molecule has 0 saturated heterocycles. The van der Waals surface area contributed by atoms with Crippen molar-refractivity contribution in [3.8, 4) is 0 Å². The molecule has 3 fully saturated rings. The van der Waals surface area contributed by atoms with E-state index in [1.165, 1.54) is 32.1 Å². The SMILES string of the molecule is CCC1C[C@H]2CC[C@H]3[C@@H](CCC4=CCCC[C@@H]43)[C@@H]2C1. The van der Waals surface area contributed by atoms with Crippen molar-refractivity contribution in [1.82, 2.24) is 0 Å². The van der Waals surface area contributed by atoms with Gasteiger partial charge < -0.3 is 0 Å². The molecule has 0 amide bonds. The fraction of sp³-hybridized carbons (Fsp3) is 0.895. The Morgan fingerprint density at radius 2 is 1.95 bits per heavy atom. The molecule has 0 spiro atoms. The molecule has 0 N–H and O–H groups in total. The van der Waals surface area contributed by atoms with E-state index in [-0.39, 0.29) is 0 Å². The van der Waals surface area contributed by atoms with Gasteiger partial charge in [0.1, 0.15) is 0 Å². The first-order chi connectivity index (χ1) is 9.36. The fourth-order valence-electron chi connectivity index (χ4n) is 6.40. The maximum absolute atomic E-state index is 2.62. The lowest BCUT2D eigenvalue weighted by Gasteiger charge is -2.49. The summed E-state index contributed by atoms with van der Waals surface area (Å²) in [6.07, 6.45) is 17.8. The Balaban J connectivity index is 1.56. The van der Waals surface area contributed by atoms with Crippen LogP contribution in [-0.2, 0) is 0 Å². The number of hydrogen-bond donors (Lipinski definition) is 0. The van der Waals surface area contributed by atoms with E-state index in [0.717, 1.165) is 35.5 Å². The normalized spacial score (nSPS) is 49.0. The van der Waals surface area contributed by atoms with Crippen molar-refractivity contribution in [2.24, 2.45) is 35.5 Å². The molecule has 0 bridgehead atoms. The maximum Gasteiger partial charge on any atom is -0.0172 e. The molecule has 6 atom stereocenters. The van der Waals surface area contributed by atoms with Crippen molar-refractivity contribution in [1.29, 1.82) is 0 Å². The van der Waals surface area contributed by atoms with Crippen molar-refractivity contribution in [2.45, 2.75) is 71.1 Å². The van der Waals surface area contributed by atoms with Gasteiger partial charge in [0, 0.05) is 0 Å². The lowest BCUT2D eigenvalue weighted by Crippen LogP contribution is -2.40. The Morgan fingerprint density at radius 1 is 1.00 bits per heavy atom. The third kappa shape index (κ3) is 2.01. The van der Waals surface area contributed by atoms with Gasteiger partial charge in [-0.1, -0.05) is 25.0 Å². The minimum atomic E-state index is 1.02. The first-order valence-electron chi connectivity index (χ1n) is 9.05. The fourth-order valence-corrected chi connectivity index (χ4v) is 6.40. The number of hydrogen-bond acceptors (Lipinski definition) is 0. The molecule has 0 nitrogen and oxygen atoms in total. The van der Waals surface area contributed by atoms with Crippen molar-refractivity contribution in [2.75, 3.05) is 0 Å². The minimum Gasteiger partial charge on any atom is -0.0850 e. The summed E-state index contributed by atoms with van der Waals surface area (Å²) in [6.45, 7) is 2.42. The summed E-state index contributed by atoms with van der Waals surface area (Å²) < 4.78 is 0. The van der Waals surface area contributed by atoms with Gasteiger partial charge in [-0.2, -0.15) is 0 Å². The molecule has 4 aliphatic rings. The van der Waals surface area contributed by atoms with Gasteiger partial charge in [-0.3, -0.25) is 0 Å². The summed E-state index contributed by atoms with van der Waals surface area (Å²) in [5.74, 6) is 6.58. The number of rotatable bonds is 1. The summed E-state index contributed by atoms with van der Waals surface area (Å²) >= 11 is 0. The third-order valence-electron chi connectivity index (χ3n) is 7.28. The summed E-state index contributed by atoms with van der Waals surface area (Å²) in [7, 11) is 0. The predicted molar refractivity (Wildman–Crippen MR) is 80.9 cm³/mol. The highest BCUT2D eigenvalue weighted by atomic mass is 14.5. The highest BCUT2D eigenvalue weighted by Gasteiger charge is 2.48. The summed E-state index contributed by atoms with van der Waals surface area (Å²) in [4.78, 5) is 0. The first kappa shape index (κ1) is 12.5. The third-order valence-corrected chi connectivity index (χ3v) is 7.28. The molecular formula is C19H30. The molecule has 3 saturated carbocycles. The van der Waals surface area contributed by atoms with Crippen molar-refractivity contribution < 1.29 is 0 Å². The van der Waals surface area contributed by atoms with Crippen LogP contribution >= 0.6 is 0 Å². The van der Waals surface area contributed by atoms with Gasteiger partial charge in [0.15, 0.2) is 0 Å². The highest BCUT2D eigenvalue weighted by Crippen LogP contribution is 2.58. The van der Waals surface area contributed by atoms with E-state index in [4.69, 9.17) is 0 Å². The van der Waals surface area contributed by atoms with Crippen LogP contribution in [0, 0.1) is 35.5 Å². The largest absolute Gasteiger partial charge is 0.0850 e. The van der Waals surface area contributed by atoms with Gasteiger partial charge >= 0.3 is 0 Å². The molecule has 0 aliphatic heterocycles. The number of fused-ring (bicyclic) bond motifs is 5. The molecule has 1 unspecified atom stereocenters. The van der Waals surface area contributed by atoms with E-state index in [1.54, 1.807) is 32.1 Å². The predicted octanol–water partition coefficient (Wildman–Crippen LogP) is 5.59. The smallest absolute Gasteiger partial charge is 0.0172 e. The second kappa shape index (κ2) is 4.93. The molecule has 0 aromatic heterocycles. The maximum atomic E-state index is 2.62. The second-order valence-corrected chi connectivity index (χ2v) is 7.93. The second-order valence-electron chi connectivity index (χ2n) is 7.93. The Morgan fingerprint density at radius 3 is 2.84 bits per heavy atom. The van der Waals surface area contributed by atoms with Crippen molar-refractivity contribution in [3.63, 3.8) is 0 Å². The molecule has 19 heavy (non-hydrogen) atoms. The van der Waals surface area contributed by atoms with Gasteiger partial charge in [0.25, 0.3) is 0 Å². The average molecular weight is 258 g/mol. The monoisotopic (exact) mass is 258 g/mol. The molecule has 4 rings (SSSR count). The lowest BCUT2D eigenvalue weighted by molar-refractivity contribution is 0.0487. The molecule has 0 aromatic rings. The zero-order valence-electron chi connectivity index (χ0n) is 12.6. The van der Waals surface area contributed by atoms with Crippen LogP contribution in [0.3, 0.4) is 0 Å². The van der Waals surface area contributed by atoms with E-state index in [0.29, 0.717) is 0 Å².